The summed E-state index contributed by atoms with van der Waals surface area (Å²) in [6, 6.07) is 10.3. The summed E-state index contributed by atoms with van der Waals surface area (Å²) in [5.74, 6) is 0. The first-order chi connectivity index (χ1) is 6.38. The van der Waals surface area contributed by atoms with Crippen molar-refractivity contribution >= 4 is 23.3 Å². The van der Waals surface area contributed by atoms with Gasteiger partial charge in [-0.2, -0.15) is 0 Å². The highest BCUT2D eigenvalue weighted by Crippen LogP contribution is 2.13. The van der Waals surface area contributed by atoms with Crippen LogP contribution in [0, 0.1) is 6.92 Å². The number of hydrogen-bond acceptors (Lipinski definition) is 3. The van der Waals surface area contributed by atoms with Gasteiger partial charge in [0, 0.05) is 11.6 Å². The molecule has 4 heteroatoms. The largest absolute Gasteiger partial charge is 0.256 e. The lowest BCUT2D eigenvalue weighted by atomic mass is 10.1. The molecular weight excluding hydrogens is 202 g/mol. The van der Waals surface area contributed by atoms with Gasteiger partial charge in [-0.1, -0.05) is 24.3 Å². The molecular formula is C10H12ClNO2. The van der Waals surface area contributed by atoms with Crippen molar-refractivity contribution < 1.29 is 10.5 Å². The monoisotopic (exact) mass is 213 g/mol. The van der Waals surface area contributed by atoms with E-state index in [1.807, 2.05) is 12.3 Å². The Morgan fingerprint density at radius 1 is 1.07 bits per heavy atom. The third kappa shape index (κ3) is 2.67. The summed E-state index contributed by atoms with van der Waals surface area (Å²) in [7, 11) is 0. The Labute approximate surface area is 88.4 Å². The van der Waals surface area contributed by atoms with Crippen LogP contribution in [0.2, 0.25) is 0 Å². The van der Waals surface area contributed by atoms with Crippen LogP contribution in [0.4, 0.5) is 0 Å². The highest BCUT2D eigenvalue weighted by molar-refractivity contribution is 5.85. The van der Waals surface area contributed by atoms with E-state index in [4.69, 9.17) is 10.5 Å². The van der Waals surface area contributed by atoms with Crippen LogP contribution < -0.4 is 0 Å². The molecule has 0 amide bonds. The van der Waals surface area contributed by atoms with Crippen LogP contribution in [0.15, 0.2) is 36.5 Å². The molecule has 2 N–H and O–H groups in total. The van der Waals surface area contributed by atoms with Gasteiger partial charge < -0.3 is 0 Å². The van der Waals surface area contributed by atoms with Crippen molar-refractivity contribution in [1.29, 1.82) is 0 Å². The van der Waals surface area contributed by atoms with Crippen LogP contribution in [0.3, 0.4) is 0 Å². The Kier molecular flexibility index (Phi) is 5.79. The van der Waals surface area contributed by atoms with Crippen molar-refractivity contribution in [2.24, 2.45) is 0 Å². The number of fused-ring (bicyclic) bond motifs is 1. The van der Waals surface area contributed by atoms with Gasteiger partial charge in [0.25, 0.3) is 0 Å². The molecule has 0 aliphatic carbocycles. The van der Waals surface area contributed by atoms with E-state index in [1.165, 1.54) is 10.9 Å². The number of pyridine rings is 1. The number of aryl methyl sites for hydroxylation is 1. The average Bonchev–Trinajstić information content (AvgIpc) is 2.22. The number of rotatable bonds is 0. The molecule has 1 aromatic carbocycles. The molecule has 0 aliphatic heterocycles. The lowest BCUT2D eigenvalue weighted by Gasteiger charge is -1.97. The zero-order chi connectivity index (χ0) is 9.68. The number of halogens is 1. The molecule has 2 aromatic rings. The molecule has 76 valence electrons. The second kappa shape index (κ2) is 6.32. The van der Waals surface area contributed by atoms with E-state index in [0.29, 0.717) is 0 Å². The lowest BCUT2D eigenvalue weighted by molar-refractivity contribution is -0.176. The van der Waals surface area contributed by atoms with Crippen molar-refractivity contribution in [2.75, 3.05) is 0 Å². The second-order valence-electron chi connectivity index (χ2n) is 2.65. The van der Waals surface area contributed by atoms with Crippen molar-refractivity contribution in [3.63, 3.8) is 0 Å². The van der Waals surface area contributed by atoms with Crippen LogP contribution in [-0.2, 0) is 0 Å². The molecule has 1 heterocycles. The van der Waals surface area contributed by atoms with Crippen LogP contribution in [0.5, 0.6) is 0 Å². The Morgan fingerprint density at radius 2 is 1.71 bits per heavy atom. The highest BCUT2D eigenvalue weighted by Gasteiger charge is 1.93. The standard InChI is InChI=1S/C10H9N.ClH.H2O2/c1-8-4-2-5-9-6-3-7-11-10(8)9;;1-2/h2-7H,1H3;1H;1-2H. The zero-order valence-electron chi connectivity index (χ0n) is 7.71. The number of aromatic nitrogens is 1. The lowest BCUT2D eigenvalue weighted by Crippen LogP contribution is -1.80. The van der Waals surface area contributed by atoms with E-state index in [9.17, 15) is 0 Å². The summed E-state index contributed by atoms with van der Waals surface area (Å²) in [4.78, 5) is 4.28. The van der Waals surface area contributed by atoms with E-state index in [-0.39, 0.29) is 12.4 Å². The average molecular weight is 214 g/mol. The van der Waals surface area contributed by atoms with Crippen molar-refractivity contribution in [2.45, 2.75) is 6.92 Å². The molecule has 2 rings (SSSR count). The van der Waals surface area contributed by atoms with Crippen molar-refractivity contribution in [3.8, 4) is 0 Å². The van der Waals surface area contributed by atoms with Gasteiger partial charge >= 0.3 is 0 Å². The maximum atomic E-state index is 6.00. The Hall–Kier alpha value is -1.16. The van der Waals surface area contributed by atoms with Gasteiger partial charge in [0.1, 0.15) is 0 Å². The minimum absolute atomic E-state index is 0. The fraction of sp³-hybridized carbons (Fsp3) is 0.100. The quantitative estimate of drug-likeness (QED) is 0.523. The first-order valence-corrected chi connectivity index (χ1v) is 3.88. The normalized spacial score (nSPS) is 8.50. The second-order valence-corrected chi connectivity index (χ2v) is 2.65. The minimum atomic E-state index is 0. The number of benzene rings is 1. The predicted octanol–water partition coefficient (Wildman–Crippen LogP) is 2.98. The van der Waals surface area contributed by atoms with Gasteiger partial charge in [-0.25, -0.2) is 0 Å². The van der Waals surface area contributed by atoms with Gasteiger partial charge in [-0.3, -0.25) is 15.5 Å². The molecule has 1 aromatic heterocycles. The number of para-hydroxylation sites is 1. The zero-order valence-corrected chi connectivity index (χ0v) is 8.53. The summed E-state index contributed by atoms with van der Waals surface area (Å²) < 4.78 is 0. The Bertz CT molecular complexity index is 387. The molecule has 0 unspecified atom stereocenters. The molecule has 14 heavy (non-hydrogen) atoms. The number of hydrogen-bond donors (Lipinski definition) is 2. The van der Waals surface area contributed by atoms with E-state index in [0.717, 1.165) is 5.52 Å². The highest BCUT2D eigenvalue weighted by atomic mass is 35.5. The molecule has 0 saturated heterocycles. The van der Waals surface area contributed by atoms with Gasteiger partial charge in [0.2, 0.25) is 0 Å². The SMILES string of the molecule is Cc1cccc2cccnc12.Cl.OO. The Balaban J connectivity index is 0.000000531. The van der Waals surface area contributed by atoms with Crippen molar-refractivity contribution in [3.05, 3.63) is 42.1 Å². The van der Waals surface area contributed by atoms with E-state index in [1.54, 1.807) is 0 Å². The van der Waals surface area contributed by atoms with Gasteiger partial charge in [-0.15, -0.1) is 12.4 Å². The minimum Gasteiger partial charge on any atom is -0.256 e. The molecule has 0 saturated carbocycles. The van der Waals surface area contributed by atoms with Gasteiger partial charge in [-0.05, 0) is 18.6 Å². The first-order valence-electron chi connectivity index (χ1n) is 3.88. The molecule has 0 fully saturated rings. The summed E-state index contributed by atoms with van der Waals surface area (Å²) in [5, 5.41) is 13.2. The van der Waals surface area contributed by atoms with Gasteiger partial charge in [0.15, 0.2) is 0 Å². The van der Waals surface area contributed by atoms with Gasteiger partial charge in [0.05, 0.1) is 5.52 Å². The molecule has 0 radical (unpaired) electrons. The van der Waals surface area contributed by atoms with E-state index < -0.39 is 0 Å². The van der Waals surface area contributed by atoms with Crippen LogP contribution in [-0.4, -0.2) is 15.5 Å². The fourth-order valence-electron chi connectivity index (χ4n) is 1.26. The fourth-order valence-corrected chi connectivity index (χ4v) is 1.26. The summed E-state index contributed by atoms with van der Waals surface area (Å²) in [6.07, 6.45) is 1.83. The smallest absolute Gasteiger partial charge is 0.0731 e. The van der Waals surface area contributed by atoms with Crippen LogP contribution in [0.1, 0.15) is 5.56 Å². The summed E-state index contributed by atoms with van der Waals surface area (Å²) in [5.41, 5.74) is 2.35. The first kappa shape index (κ1) is 12.8. The Morgan fingerprint density at radius 3 is 2.36 bits per heavy atom. The molecule has 3 nitrogen and oxygen atoms in total. The molecule has 0 aliphatic rings. The third-order valence-corrected chi connectivity index (χ3v) is 1.83. The maximum Gasteiger partial charge on any atom is 0.0731 e. The number of nitrogens with zero attached hydrogens (tertiary/aromatic N) is 1. The topological polar surface area (TPSA) is 53.4 Å². The molecule has 0 spiro atoms. The van der Waals surface area contributed by atoms with Crippen LogP contribution in [0.25, 0.3) is 10.9 Å². The molecule has 0 bridgehead atoms. The van der Waals surface area contributed by atoms with E-state index in [2.05, 4.69) is 36.2 Å². The maximum absolute atomic E-state index is 6.00. The summed E-state index contributed by atoms with van der Waals surface area (Å²) in [6.45, 7) is 2.08. The van der Waals surface area contributed by atoms with Crippen molar-refractivity contribution in [1.82, 2.24) is 4.98 Å². The van der Waals surface area contributed by atoms with E-state index >= 15 is 0 Å². The molecule has 0 atom stereocenters. The van der Waals surface area contributed by atoms with Crippen LogP contribution >= 0.6 is 12.4 Å². The predicted molar refractivity (Wildman–Crippen MR) is 59.0 cm³/mol. The summed E-state index contributed by atoms with van der Waals surface area (Å²) >= 11 is 0. The third-order valence-electron chi connectivity index (χ3n) is 1.83.